The Hall–Kier alpha value is -3.09. The highest BCUT2D eigenvalue weighted by Gasteiger charge is 2.37. The molecule has 0 spiro atoms. The minimum absolute atomic E-state index is 0.0123. The lowest BCUT2D eigenvalue weighted by Gasteiger charge is -2.26. The lowest BCUT2D eigenvalue weighted by molar-refractivity contribution is -0.384. The Morgan fingerprint density at radius 1 is 1.21 bits per heavy atom. The molecule has 1 unspecified atom stereocenters. The van der Waals surface area contributed by atoms with Crippen molar-refractivity contribution in [3.63, 3.8) is 0 Å². The minimum Gasteiger partial charge on any atom is -0.467 e. The summed E-state index contributed by atoms with van der Waals surface area (Å²) in [5.74, 6) is -0.108. The minimum atomic E-state index is -2.07. The maximum Gasteiger partial charge on any atom is 0.270 e. The number of thioether (sulfide) groups is 1. The first-order valence-corrected chi connectivity index (χ1v) is 13.0. The van der Waals surface area contributed by atoms with Gasteiger partial charge in [0.05, 0.1) is 22.6 Å². The first-order chi connectivity index (χ1) is 18.0. The largest absolute Gasteiger partial charge is 0.467 e. The van der Waals surface area contributed by atoms with Crippen molar-refractivity contribution >= 4 is 86.7 Å². The maximum absolute atomic E-state index is 12.8. The third kappa shape index (κ3) is 6.86. The number of carbonyl (C=O) groups excluding carboxylic acids is 2. The molecule has 0 saturated carbocycles. The van der Waals surface area contributed by atoms with Gasteiger partial charge in [0, 0.05) is 17.7 Å². The zero-order valence-electron chi connectivity index (χ0n) is 19.0. The number of non-ortho nitro benzene ring substituents is 1. The van der Waals surface area contributed by atoms with Gasteiger partial charge in [-0.2, -0.15) is 0 Å². The predicted octanol–water partition coefficient (Wildman–Crippen LogP) is 6.09. The number of furan rings is 1. The van der Waals surface area contributed by atoms with Crippen molar-refractivity contribution in [3.05, 3.63) is 98.8 Å². The summed E-state index contributed by atoms with van der Waals surface area (Å²) in [5, 5.41) is 13.4. The number of amides is 2. The Bertz CT molecular complexity index is 1410. The lowest BCUT2D eigenvalue weighted by atomic mass is 10.2. The number of nitrogens with one attached hydrogen (secondary N) is 1. The average Bonchev–Trinajstić information content (AvgIpc) is 3.48. The second kappa shape index (κ2) is 11.7. The van der Waals surface area contributed by atoms with Gasteiger partial charge >= 0.3 is 0 Å². The molecule has 0 radical (unpaired) electrons. The van der Waals surface area contributed by atoms with Gasteiger partial charge in [-0.1, -0.05) is 77.0 Å². The Morgan fingerprint density at radius 3 is 2.58 bits per heavy atom. The van der Waals surface area contributed by atoms with Crippen LogP contribution in [-0.2, 0) is 11.3 Å². The van der Waals surface area contributed by atoms with Crippen LogP contribution in [0.25, 0.3) is 6.08 Å². The third-order valence-electron chi connectivity index (χ3n) is 5.08. The number of thiocarbonyl (C=S) groups is 1. The van der Waals surface area contributed by atoms with Crippen LogP contribution in [0.15, 0.2) is 76.2 Å². The van der Waals surface area contributed by atoms with Gasteiger partial charge in [0.25, 0.3) is 17.5 Å². The summed E-state index contributed by atoms with van der Waals surface area (Å²) in [4.78, 5) is 37.7. The molecule has 1 atom stereocenters. The molecule has 1 aromatic heterocycles. The van der Waals surface area contributed by atoms with Crippen LogP contribution in [0.3, 0.4) is 0 Å². The molecule has 1 saturated heterocycles. The van der Waals surface area contributed by atoms with Gasteiger partial charge in [-0.05, 0) is 42.0 Å². The first kappa shape index (κ1) is 27.9. The summed E-state index contributed by atoms with van der Waals surface area (Å²) in [6.07, 6.45) is 1.78. The monoisotopic (exact) mass is 611 g/mol. The number of rotatable bonds is 8. The van der Waals surface area contributed by atoms with Crippen LogP contribution in [-0.4, -0.2) is 36.0 Å². The number of nitro benzene ring substituents is 1. The van der Waals surface area contributed by atoms with Crippen LogP contribution in [0.2, 0.25) is 0 Å². The quantitative estimate of drug-likeness (QED) is 0.0811. The highest BCUT2D eigenvalue weighted by molar-refractivity contribution is 8.26. The Labute approximate surface area is 240 Å². The molecule has 3 aromatic rings. The van der Waals surface area contributed by atoms with Crippen molar-refractivity contribution in [1.29, 1.82) is 0 Å². The molecule has 9 nitrogen and oxygen atoms in total. The highest BCUT2D eigenvalue weighted by atomic mass is 35.6. The summed E-state index contributed by atoms with van der Waals surface area (Å²) in [5.41, 5.74) is 0.404. The first-order valence-electron chi connectivity index (χ1n) is 10.7. The molecule has 2 heterocycles. The molecule has 0 aliphatic carbocycles. The highest BCUT2D eigenvalue weighted by Crippen LogP contribution is 2.35. The number of hydrogen-bond donors (Lipinski definition) is 1. The van der Waals surface area contributed by atoms with Gasteiger partial charge < -0.3 is 14.5 Å². The fraction of sp³-hybridized carbons (Fsp3) is 0.125. The number of benzene rings is 2. The standard InChI is InChI=1S/C24H16Cl3N3O6S2/c25-24(26,27)22(28-20(31)15-3-1-4-16(12-15)30(33)34)36-17-8-6-14(7-9-17)11-19-21(32)29(23(37)38-19)13-18-5-2-10-35-18/h1-12,22H,13H2,(H,28,31)/b19-11-. The molecule has 2 aromatic carbocycles. The number of halogens is 3. The molecule has 0 bridgehead atoms. The molecule has 2 amide bonds. The average molecular weight is 613 g/mol. The van der Waals surface area contributed by atoms with Gasteiger partial charge in [0.15, 0.2) is 0 Å². The molecule has 1 aliphatic heterocycles. The second-order valence-electron chi connectivity index (χ2n) is 7.74. The lowest BCUT2D eigenvalue weighted by Crippen LogP contribution is -2.47. The van der Waals surface area contributed by atoms with Gasteiger partial charge in [-0.25, -0.2) is 0 Å². The topological polar surface area (TPSA) is 115 Å². The van der Waals surface area contributed by atoms with Crippen LogP contribution in [0, 0.1) is 10.1 Å². The van der Waals surface area contributed by atoms with E-state index in [1.165, 1.54) is 41.1 Å². The number of nitrogens with zero attached hydrogens (tertiary/aromatic N) is 2. The molecule has 1 N–H and O–H groups in total. The fourth-order valence-corrected chi connectivity index (χ4v) is 4.82. The number of nitro groups is 1. The van der Waals surface area contributed by atoms with Gasteiger partial charge in [0.2, 0.25) is 10.0 Å². The van der Waals surface area contributed by atoms with E-state index in [1.54, 1.807) is 42.5 Å². The Morgan fingerprint density at radius 2 is 1.95 bits per heavy atom. The molecule has 1 fully saturated rings. The summed E-state index contributed by atoms with van der Waals surface area (Å²) in [7, 11) is 0. The van der Waals surface area contributed by atoms with Crippen LogP contribution in [0.5, 0.6) is 5.75 Å². The molecule has 196 valence electrons. The zero-order valence-corrected chi connectivity index (χ0v) is 22.9. The zero-order chi connectivity index (χ0) is 27.4. The summed E-state index contributed by atoms with van der Waals surface area (Å²) < 4.78 is 9.34. The van der Waals surface area contributed by atoms with Gasteiger partial charge in [-0.15, -0.1) is 0 Å². The number of hydrogen-bond acceptors (Lipinski definition) is 8. The summed E-state index contributed by atoms with van der Waals surface area (Å²) in [6, 6.07) is 15.1. The van der Waals surface area contributed by atoms with Crippen molar-refractivity contribution in [1.82, 2.24) is 10.2 Å². The van der Waals surface area contributed by atoms with E-state index >= 15 is 0 Å². The van der Waals surface area contributed by atoms with Crippen molar-refractivity contribution in [2.75, 3.05) is 0 Å². The molecule has 1 aliphatic rings. The smallest absolute Gasteiger partial charge is 0.270 e. The van der Waals surface area contributed by atoms with E-state index < -0.39 is 20.9 Å². The molecule has 4 rings (SSSR count). The maximum atomic E-state index is 12.8. The van der Waals surface area contributed by atoms with Crippen molar-refractivity contribution in [2.45, 2.75) is 16.6 Å². The van der Waals surface area contributed by atoms with Crippen LogP contribution >= 0.6 is 58.8 Å². The number of ether oxygens (including phenoxy) is 1. The molecule has 38 heavy (non-hydrogen) atoms. The van der Waals surface area contributed by atoms with Crippen molar-refractivity contribution < 1.29 is 23.7 Å². The molecular formula is C24H16Cl3N3O6S2. The normalized spacial score (nSPS) is 15.6. The SMILES string of the molecule is O=C(NC(Oc1ccc(/C=C2\SC(=S)N(Cc3ccco3)C2=O)cc1)C(Cl)(Cl)Cl)c1cccc([N+](=O)[O-])c1. The van der Waals surface area contributed by atoms with E-state index in [4.69, 9.17) is 56.2 Å². The van der Waals surface area contributed by atoms with E-state index in [2.05, 4.69) is 5.32 Å². The van der Waals surface area contributed by atoms with Crippen LogP contribution < -0.4 is 10.1 Å². The Balaban J connectivity index is 1.44. The van der Waals surface area contributed by atoms with Gasteiger partial charge in [-0.3, -0.25) is 24.6 Å². The Kier molecular flexibility index (Phi) is 8.64. The van der Waals surface area contributed by atoms with E-state index in [1.807, 2.05) is 0 Å². The molecular weight excluding hydrogens is 597 g/mol. The molecule has 14 heteroatoms. The summed E-state index contributed by atoms with van der Waals surface area (Å²) in [6.45, 7) is 0.238. The van der Waals surface area contributed by atoms with Crippen LogP contribution in [0.4, 0.5) is 5.69 Å². The van der Waals surface area contributed by atoms with E-state index in [9.17, 15) is 19.7 Å². The summed E-state index contributed by atoms with van der Waals surface area (Å²) >= 11 is 24.5. The second-order valence-corrected chi connectivity index (χ2v) is 11.8. The third-order valence-corrected chi connectivity index (χ3v) is 7.05. The number of alkyl halides is 3. The predicted molar refractivity (Wildman–Crippen MR) is 149 cm³/mol. The van der Waals surface area contributed by atoms with Gasteiger partial charge in [0.1, 0.15) is 15.8 Å². The fourth-order valence-electron chi connectivity index (χ4n) is 3.27. The van der Waals surface area contributed by atoms with Crippen molar-refractivity contribution in [2.24, 2.45) is 0 Å². The number of carbonyl (C=O) groups is 2. The van der Waals surface area contributed by atoms with E-state index in [0.29, 0.717) is 20.5 Å². The van der Waals surface area contributed by atoms with E-state index in [0.717, 1.165) is 6.07 Å². The van der Waals surface area contributed by atoms with E-state index in [-0.39, 0.29) is 29.5 Å². The van der Waals surface area contributed by atoms with Crippen molar-refractivity contribution in [3.8, 4) is 5.75 Å². The van der Waals surface area contributed by atoms with Crippen LogP contribution in [0.1, 0.15) is 21.7 Å².